The van der Waals surface area contributed by atoms with Gasteiger partial charge in [-0.15, -0.1) is 0 Å². The standard InChI is InChI=1S/C24H29NO4/c1-17-8-9-18(2)21(14-17)29-23(28)12-13-24(3,4)16-25-20-7-5-6-19(15-20)10-11-22(26)27/h5-11,14-15,25H,12-13,16H2,1-4H3,(H,26,27). The number of ether oxygens (including phenoxy) is 1. The second kappa shape index (κ2) is 9.92. The van der Waals surface area contributed by atoms with Crippen LogP contribution in [-0.2, 0) is 9.59 Å². The Morgan fingerprint density at radius 1 is 1.14 bits per heavy atom. The smallest absolute Gasteiger partial charge is 0.328 e. The highest BCUT2D eigenvalue weighted by Gasteiger charge is 2.20. The molecule has 0 unspecified atom stereocenters. The van der Waals surface area contributed by atoms with E-state index in [2.05, 4.69) is 19.2 Å². The van der Waals surface area contributed by atoms with Crippen LogP contribution in [0.3, 0.4) is 0 Å². The third kappa shape index (κ3) is 7.82. The Morgan fingerprint density at radius 2 is 1.90 bits per heavy atom. The molecule has 0 radical (unpaired) electrons. The highest BCUT2D eigenvalue weighted by Crippen LogP contribution is 2.25. The summed E-state index contributed by atoms with van der Waals surface area (Å²) in [6, 6.07) is 13.4. The molecule has 0 aliphatic heterocycles. The van der Waals surface area contributed by atoms with Crippen LogP contribution in [0.25, 0.3) is 6.08 Å². The molecule has 0 heterocycles. The molecule has 0 spiro atoms. The zero-order valence-corrected chi connectivity index (χ0v) is 17.5. The molecule has 0 atom stereocenters. The van der Waals surface area contributed by atoms with Gasteiger partial charge in [0.05, 0.1) is 0 Å². The van der Waals surface area contributed by atoms with E-state index in [4.69, 9.17) is 9.84 Å². The quantitative estimate of drug-likeness (QED) is 0.346. The van der Waals surface area contributed by atoms with Crippen molar-refractivity contribution in [1.82, 2.24) is 0 Å². The van der Waals surface area contributed by atoms with Crippen molar-refractivity contribution < 1.29 is 19.4 Å². The van der Waals surface area contributed by atoms with Crippen LogP contribution < -0.4 is 10.1 Å². The van der Waals surface area contributed by atoms with Crippen LogP contribution in [0, 0.1) is 19.3 Å². The molecular weight excluding hydrogens is 366 g/mol. The zero-order valence-electron chi connectivity index (χ0n) is 17.5. The second-order valence-corrected chi connectivity index (χ2v) is 8.06. The lowest BCUT2D eigenvalue weighted by atomic mass is 9.87. The lowest BCUT2D eigenvalue weighted by molar-refractivity contribution is -0.135. The van der Waals surface area contributed by atoms with Gasteiger partial charge in [-0.3, -0.25) is 4.79 Å². The summed E-state index contributed by atoms with van der Waals surface area (Å²) in [7, 11) is 0. The van der Waals surface area contributed by atoms with Gasteiger partial charge in [-0.1, -0.05) is 38.1 Å². The largest absolute Gasteiger partial charge is 0.478 e. The third-order valence-electron chi connectivity index (χ3n) is 4.65. The van der Waals surface area contributed by atoms with Crippen molar-refractivity contribution in [2.45, 2.75) is 40.5 Å². The Balaban J connectivity index is 1.86. The molecule has 0 bridgehead atoms. The van der Waals surface area contributed by atoms with Crippen LogP contribution in [0.2, 0.25) is 0 Å². The number of esters is 1. The average molecular weight is 395 g/mol. The first-order valence-corrected chi connectivity index (χ1v) is 9.67. The van der Waals surface area contributed by atoms with E-state index >= 15 is 0 Å². The number of carboxylic acid groups (broad SMARTS) is 1. The van der Waals surface area contributed by atoms with Gasteiger partial charge in [-0.2, -0.15) is 0 Å². The summed E-state index contributed by atoms with van der Waals surface area (Å²) in [5.41, 5.74) is 3.61. The highest BCUT2D eigenvalue weighted by molar-refractivity contribution is 5.85. The Morgan fingerprint density at radius 3 is 2.62 bits per heavy atom. The SMILES string of the molecule is Cc1ccc(C)c(OC(=O)CCC(C)(C)CNc2cccc(C=CC(=O)O)c2)c1. The monoisotopic (exact) mass is 395 g/mol. The highest BCUT2D eigenvalue weighted by atomic mass is 16.5. The lowest BCUT2D eigenvalue weighted by Gasteiger charge is -2.25. The minimum atomic E-state index is -0.975. The summed E-state index contributed by atoms with van der Waals surface area (Å²) >= 11 is 0. The van der Waals surface area contributed by atoms with Crippen LogP contribution in [-0.4, -0.2) is 23.6 Å². The molecule has 0 aliphatic carbocycles. The molecule has 0 saturated carbocycles. The molecule has 2 rings (SSSR count). The molecule has 0 aromatic heterocycles. The van der Waals surface area contributed by atoms with Gasteiger partial charge in [0.1, 0.15) is 5.75 Å². The molecule has 29 heavy (non-hydrogen) atoms. The maximum absolute atomic E-state index is 12.3. The lowest BCUT2D eigenvalue weighted by Crippen LogP contribution is -2.25. The Labute approximate surface area is 172 Å². The number of hydrogen-bond donors (Lipinski definition) is 2. The zero-order chi connectivity index (χ0) is 21.4. The number of anilines is 1. The van der Waals surface area contributed by atoms with Crippen LogP contribution in [0.15, 0.2) is 48.5 Å². The van der Waals surface area contributed by atoms with Crippen LogP contribution in [0.4, 0.5) is 5.69 Å². The fraction of sp³-hybridized carbons (Fsp3) is 0.333. The van der Waals surface area contributed by atoms with Gasteiger partial charge in [0, 0.05) is 24.7 Å². The van der Waals surface area contributed by atoms with E-state index in [0.29, 0.717) is 25.1 Å². The van der Waals surface area contributed by atoms with E-state index in [9.17, 15) is 9.59 Å². The van der Waals surface area contributed by atoms with Crippen molar-refractivity contribution in [1.29, 1.82) is 0 Å². The normalized spacial score (nSPS) is 11.4. The molecule has 2 N–H and O–H groups in total. The molecule has 154 valence electrons. The molecule has 5 nitrogen and oxygen atoms in total. The summed E-state index contributed by atoms with van der Waals surface area (Å²) in [4.78, 5) is 22.9. The molecule has 2 aromatic rings. The molecular formula is C24H29NO4. The summed E-state index contributed by atoms with van der Waals surface area (Å²) in [6.07, 6.45) is 3.69. The number of aliphatic carboxylic acids is 1. The van der Waals surface area contributed by atoms with Crippen molar-refractivity contribution in [3.63, 3.8) is 0 Å². The molecule has 2 aromatic carbocycles. The molecule has 0 fully saturated rings. The Hall–Kier alpha value is -3.08. The summed E-state index contributed by atoms with van der Waals surface area (Å²) in [5, 5.41) is 12.1. The molecule has 0 aliphatic rings. The number of carbonyl (C=O) groups excluding carboxylic acids is 1. The van der Waals surface area contributed by atoms with Gasteiger partial charge in [0.15, 0.2) is 0 Å². The van der Waals surface area contributed by atoms with E-state index < -0.39 is 5.97 Å². The van der Waals surface area contributed by atoms with E-state index in [1.807, 2.05) is 56.3 Å². The van der Waals surface area contributed by atoms with E-state index in [1.165, 1.54) is 0 Å². The van der Waals surface area contributed by atoms with Gasteiger partial charge in [-0.25, -0.2) is 4.79 Å². The number of carboxylic acids is 1. The van der Waals surface area contributed by atoms with E-state index in [0.717, 1.165) is 28.5 Å². The Bertz CT molecular complexity index is 900. The minimum absolute atomic E-state index is 0.117. The fourth-order valence-electron chi connectivity index (χ4n) is 2.78. The average Bonchev–Trinajstić information content (AvgIpc) is 2.67. The number of hydrogen-bond acceptors (Lipinski definition) is 4. The molecule has 5 heteroatoms. The number of nitrogens with one attached hydrogen (secondary N) is 1. The van der Waals surface area contributed by atoms with Crippen molar-refractivity contribution in [3.05, 3.63) is 65.2 Å². The second-order valence-electron chi connectivity index (χ2n) is 8.06. The summed E-state index contributed by atoms with van der Waals surface area (Å²) in [6.45, 7) is 8.77. The maximum atomic E-state index is 12.3. The van der Waals surface area contributed by atoms with Gasteiger partial charge >= 0.3 is 11.9 Å². The fourth-order valence-corrected chi connectivity index (χ4v) is 2.78. The van der Waals surface area contributed by atoms with Crippen LogP contribution in [0.5, 0.6) is 5.75 Å². The van der Waals surface area contributed by atoms with Gasteiger partial charge < -0.3 is 15.2 Å². The first kappa shape index (κ1) is 22.2. The van der Waals surface area contributed by atoms with E-state index in [-0.39, 0.29) is 11.4 Å². The van der Waals surface area contributed by atoms with Gasteiger partial charge in [0.25, 0.3) is 0 Å². The van der Waals surface area contributed by atoms with E-state index in [1.54, 1.807) is 6.08 Å². The first-order chi connectivity index (χ1) is 13.6. The van der Waals surface area contributed by atoms with Gasteiger partial charge in [0.2, 0.25) is 0 Å². The Kier molecular flexibility index (Phi) is 7.59. The predicted molar refractivity (Wildman–Crippen MR) is 116 cm³/mol. The summed E-state index contributed by atoms with van der Waals surface area (Å²) < 4.78 is 5.53. The van der Waals surface area contributed by atoms with Crippen LogP contribution in [0.1, 0.15) is 43.4 Å². The van der Waals surface area contributed by atoms with Crippen LogP contribution >= 0.6 is 0 Å². The molecule has 0 amide bonds. The first-order valence-electron chi connectivity index (χ1n) is 9.67. The minimum Gasteiger partial charge on any atom is -0.478 e. The van der Waals surface area contributed by atoms with Crippen molar-refractivity contribution >= 4 is 23.7 Å². The molecule has 0 saturated heterocycles. The summed E-state index contributed by atoms with van der Waals surface area (Å²) in [5.74, 6) is -0.581. The topological polar surface area (TPSA) is 75.6 Å². The number of rotatable bonds is 9. The van der Waals surface area contributed by atoms with Crippen molar-refractivity contribution in [3.8, 4) is 5.75 Å². The van der Waals surface area contributed by atoms with Gasteiger partial charge in [-0.05, 0) is 66.6 Å². The van der Waals surface area contributed by atoms with Crippen molar-refractivity contribution in [2.75, 3.05) is 11.9 Å². The third-order valence-corrected chi connectivity index (χ3v) is 4.65. The number of benzene rings is 2. The number of carbonyl (C=O) groups is 2. The maximum Gasteiger partial charge on any atom is 0.328 e. The van der Waals surface area contributed by atoms with Crippen molar-refractivity contribution in [2.24, 2.45) is 5.41 Å². The predicted octanol–water partition coefficient (Wildman–Crippen LogP) is 5.23. The number of aryl methyl sites for hydroxylation is 2.